The van der Waals surface area contributed by atoms with Crippen LogP contribution in [0.2, 0.25) is 0 Å². The Morgan fingerprint density at radius 2 is 1.97 bits per heavy atom. The zero-order valence-electron chi connectivity index (χ0n) is 17.8. The highest BCUT2D eigenvalue weighted by molar-refractivity contribution is 7.92. The zero-order chi connectivity index (χ0) is 22.4. The third-order valence-corrected chi connectivity index (χ3v) is 6.84. The summed E-state index contributed by atoms with van der Waals surface area (Å²) < 4.78 is 26.8. The van der Waals surface area contributed by atoms with Gasteiger partial charge in [0.15, 0.2) is 0 Å². The van der Waals surface area contributed by atoms with Crippen molar-refractivity contribution >= 4 is 38.6 Å². The fourth-order valence-corrected chi connectivity index (χ4v) is 4.89. The number of carbonyl (C=O) groups is 1. The van der Waals surface area contributed by atoms with Gasteiger partial charge >= 0.3 is 0 Å². The van der Waals surface area contributed by atoms with Gasteiger partial charge in [-0.2, -0.15) is 0 Å². The summed E-state index contributed by atoms with van der Waals surface area (Å²) in [4.78, 5) is 19.1. The number of hydrogen-bond donors (Lipinski definition) is 2. The molecule has 3 aromatic rings. The molecule has 0 spiro atoms. The van der Waals surface area contributed by atoms with Crippen LogP contribution in [0.5, 0.6) is 0 Å². The van der Waals surface area contributed by atoms with Crippen LogP contribution in [0.3, 0.4) is 0 Å². The van der Waals surface area contributed by atoms with Gasteiger partial charge in [-0.1, -0.05) is 25.1 Å². The lowest BCUT2D eigenvalue weighted by molar-refractivity contribution is 0.0951. The second-order valence-corrected chi connectivity index (χ2v) is 10.0. The molecule has 2 N–H and O–H groups in total. The van der Waals surface area contributed by atoms with Gasteiger partial charge in [-0.05, 0) is 36.2 Å². The number of rotatable bonds is 9. The van der Waals surface area contributed by atoms with Gasteiger partial charge in [-0.15, -0.1) is 11.3 Å². The van der Waals surface area contributed by atoms with Gasteiger partial charge in [-0.3, -0.25) is 9.52 Å². The van der Waals surface area contributed by atoms with Gasteiger partial charge in [0.1, 0.15) is 5.01 Å². The molecular weight excluding hydrogens is 432 g/mol. The largest absolute Gasteiger partial charge is 0.377 e. The first-order valence-corrected chi connectivity index (χ1v) is 12.4. The maximum Gasteiger partial charge on any atom is 0.253 e. The Morgan fingerprint density at radius 1 is 1.16 bits per heavy atom. The molecule has 31 heavy (non-hydrogen) atoms. The van der Waals surface area contributed by atoms with Crippen LogP contribution in [0, 0.1) is 0 Å². The molecule has 0 aliphatic heterocycles. The molecule has 164 valence electrons. The number of hydrogen-bond acceptors (Lipinski definition) is 6. The Bertz CT molecular complexity index is 1140. The third kappa shape index (κ3) is 6.05. The molecule has 7 nitrogen and oxygen atoms in total. The minimum atomic E-state index is -3.44. The molecule has 1 amide bonds. The molecule has 0 radical (unpaired) electrons. The van der Waals surface area contributed by atoms with Gasteiger partial charge in [0.25, 0.3) is 5.91 Å². The van der Waals surface area contributed by atoms with E-state index in [0.717, 1.165) is 16.1 Å². The van der Waals surface area contributed by atoms with E-state index in [9.17, 15) is 13.2 Å². The number of anilines is 2. The van der Waals surface area contributed by atoms with Gasteiger partial charge in [0.05, 0.1) is 11.3 Å². The average molecular weight is 459 g/mol. The van der Waals surface area contributed by atoms with Gasteiger partial charge in [0.2, 0.25) is 10.0 Å². The lowest BCUT2D eigenvalue weighted by atomic mass is 10.1. The summed E-state index contributed by atoms with van der Waals surface area (Å²) in [6.45, 7) is 2.15. The highest BCUT2D eigenvalue weighted by Crippen LogP contribution is 2.25. The van der Waals surface area contributed by atoms with Crippen LogP contribution in [-0.4, -0.2) is 39.2 Å². The van der Waals surface area contributed by atoms with Crippen molar-refractivity contribution in [2.45, 2.75) is 19.9 Å². The van der Waals surface area contributed by atoms with Crippen molar-refractivity contribution in [1.29, 1.82) is 0 Å². The number of thiazole rings is 1. The first kappa shape index (κ1) is 22.8. The van der Waals surface area contributed by atoms with E-state index in [1.165, 1.54) is 0 Å². The van der Waals surface area contributed by atoms with Crippen molar-refractivity contribution < 1.29 is 13.2 Å². The van der Waals surface area contributed by atoms with E-state index in [4.69, 9.17) is 0 Å². The Morgan fingerprint density at radius 3 is 2.65 bits per heavy atom. The summed E-state index contributed by atoms with van der Waals surface area (Å²) in [6.07, 6.45) is 2.28. The van der Waals surface area contributed by atoms with Gasteiger partial charge < -0.3 is 10.2 Å². The van der Waals surface area contributed by atoms with Crippen LogP contribution >= 0.6 is 11.3 Å². The van der Waals surface area contributed by atoms with Crippen LogP contribution in [0.25, 0.3) is 10.6 Å². The van der Waals surface area contributed by atoms with Crippen molar-refractivity contribution in [2.75, 3.05) is 29.5 Å². The summed E-state index contributed by atoms with van der Waals surface area (Å²) in [7, 11) is 0.234. The number of nitrogens with one attached hydrogen (secondary N) is 2. The molecule has 0 unspecified atom stereocenters. The van der Waals surface area contributed by atoms with E-state index in [2.05, 4.69) is 15.0 Å². The lowest BCUT2D eigenvalue weighted by Gasteiger charge is -2.19. The summed E-state index contributed by atoms with van der Waals surface area (Å²) in [6, 6.07) is 12.8. The van der Waals surface area contributed by atoms with Crippen LogP contribution < -0.4 is 14.9 Å². The molecule has 1 aromatic heterocycles. The normalized spacial score (nSPS) is 11.2. The number of sulfonamides is 1. The molecule has 0 saturated carbocycles. The zero-order valence-corrected chi connectivity index (χ0v) is 19.4. The van der Waals surface area contributed by atoms with Crippen molar-refractivity contribution in [3.63, 3.8) is 0 Å². The fourth-order valence-electron chi connectivity index (χ4n) is 3.13. The smallest absolute Gasteiger partial charge is 0.253 e. The van der Waals surface area contributed by atoms with E-state index in [1.54, 1.807) is 42.7 Å². The van der Waals surface area contributed by atoms with Crippen LogP contribution in [0.4, 0.5) is 11.4 Å². The number of amides is 1. The molecule has 0 bridgehead atoms. The quantitative estimate of drug-likeness (QED) is 0.506. The van der Waals surface area contributed by atoms with Crippen molar-refractivity contribution in [3.05, 3.63) is 65.2 Å². The van der Waals surface area contributed by atoms with E-state index in [0.29, 0.717) is 29.9 Å². The minimum absolute atomic E-state index is 0.0272. The van der Waals surface area contributed by atoms with Crippen molar-refractivity contribution in [2.24, 2.45) is 0 Å². The fraction of sp³-hybridized carbons (Fsp3) is 0.273. The SMILES string of the molecule is CCCS(=O)(=O)Nc1ccc(N(C)C)c(C(=O)NCc2cccc(-c3nccs3)c2)c1. The van der Waals surface area contributed by atoms with Gasteiger partial charge in [-0.25, -0.2) is 13.4 Å². The predicted molar refractivity (Wildman–Crippen MR) is 127 cm³/mol. The molecule has 0 saturated heterocycles. The monoisotopic (exact) mass is 458 g/mol. The third-order valence-electron chi connectivity index (χ3n) is 4.53. The number of aromatic nitrogens is 1. The molecule has 0 aliphatic carbocycles. The summed E-state index contributed by atoms with van der Waals surface area (Å²) in [5.74, 6) is -0.251. The first-order chi connectivity index (χ1) is 14.8. The maximum absolute atomic E-state index is 13.0. The number of carbonyl (C=O) groups excluding carboxylic acids is 1. The van der Waals surface area contributed by atoms with E-state index >= 15 is 0 Å². The standard InChI is InChI=1S/C22H26N4O3S2/c1-4-12-31(28,29)25-18-8-9-20(26(2)3)19(14-18)21(27)24-15-16-6-5-7-17(13-16)22-23-10-11-30-22/h5-11,13-14,25H,4,12,15H2,1-3H3,(H,24,27). The Hall–Kier alpha value is -2.91. The molecule has 9 heteroatoms. The highest BCUT2D eigenvalue weighted by Gasteiger charge is 2.16. The second-order valence-electron chi connectivity index (χ2n) is 7.27. The van der Waals surface area contributed by atoms with Crippen molar-refractivity contribution in [3.8, 4) is 10.6 Å². The van der Waals surface area contributed by atoms with Crippen molar-refractivity contribution in [1.82, 2.24) is 10.3 Å². The minimum Gasteiger partial charge on any atom is -0.377 e. The predicted octanol–water partition coefficient (Wildman–Crippen LogP) is 3.96. The second kappa shape index (κ2) is 9.93. The molecule has 3 rings (SSSR count). The number of benzene rings is 2. The molecule has 0 aliphatic rings. The number of nitrogens with zero attached hydrogens (tertiary/aromatic N) is 2. The summed E-state index contributed by atoms with van der Waals surface area (Å²) >= 11 is 1.56. The summed E-state index contributed by atoms with van der Waals surface area (Å²) in [5, 5.41) is 5.79. The molecular formula is C22H26N4O3S2. The average Bonchev–Trinajstić information content (AvgIpc) is 3.26. The van der Waals surface area contributed by atoms with Crippen LogP contribution in [0.1, 0.15) is 29.3 Å². The highest BCUT2D eigenvalue weighted by atomic mass is 32.2. The molecule has 0 atom stereocenters. The van der Waals surface area contributed by atoms with Crippen LogP contribution in [0.15, 0.2) is 54.0 Å². The Labute approximate surface area is 187 Å². The van der Waals surface area contributed by atoms with E-state index in [1.807, 2.05) is 48.6 Å². The molecule has 1 heterocycles. The van der Waals surface area contributed by atoms with E-state index < -0.39 is 10.0 Å². The first-order valence-electron chi connectivity index (χ1n) is 9.88. The Balaban J connectivity index is 1.78. The van der Waals surface area contributed by atoms with E-state index in [-0.39, 0.29) is 11.7 Å². The van der Waals surface area contributed by atoms with Gasteiger partial charge in [0, 0.05) is 49.2 Å². The maximum atomic E-state index is 13.0. The topological polar surface area (TPSA) is 91.4 Å². The Kier molecular flexibility index (Phi) is 7.29. The molecule has 0 fully saturated rings. The lowest BCUT2D eigenvalue weighted by Crippen LogP contribution is -2.26. The summed E-state index contributed by atoms with van der Waals surface area (Å²) in [5.41, 5.74) is 3.43. The molecule has 2 aromatic carbocycles. The van der Waals surface area contributed by atoms with Crippen LogP contribution in [-0.2, 0) is 16.6 Å².